The molecule has 4 nitrogen and oxygen atoms in total. The maximum atomic E-state index is 12.9. The second-order valence-corrected chi connectivity index (χ2v) is 6.67. The number of rotatable bonds is 2. The van der Waals surface area contributed by atoms with Crippen LogP contribution in [0.15, 0.2) is 42.5 Å². The van der Waals surface area contributed by atoms with Crippen LogP contribution in [0, 0.1) is 6.92 Å². The molecule has 0 fully saturated rings. The lowest BCUT2D eigenvalue weighted by Gasteiger charge is -2.24. The van der Waals surface area contributed by atoms with Gasteiger partial charge in [0.1, 0.15) is 5.82 Å². The summed E-state index contributed by atoms with van der Waals surface area (Å²) in [5, 5.41) is 0. The van der Waals surface area contributed by atoms with E-state index in [2.05, 4.69) is 29.2 Å². The first-order valence-electron chi connectivity index (χ1n) is 8.31. The first kappa shape index (κ1) is 14.9. The Balaban J connectivity index is 1.60. The fourth-order valence-corrected chi connectivity index (χ4v) is 3.63. The van der Waals surface area contributed by atoms with Gasteiger partial charge in [0.15, 0.2) is 0 Å². The van der Waals surface area contributed by atoms with Crippen LogP contribution in [0.2, 0.25) is 0 Å². The molecular formula is C20H21N3O. The van der Waals surface area contributed by atoms with Gasteiger partial charge < -0.3 is 9.47 Å². The number of hydrogen-bond acceptors (Lipinski definition) is 2. The fraction of sp³-hybridized carbons (Fsp3) is 0.300. The average Bonchev–Trinajstić information content (AvgIpc) is 3.14. The third-order valence-corrected chi connectivity index (χ3v) is 5.25. The van der Waals surface area contributed by atoms with E-state index in [1.807, 2.05) is 48.7 Å². The van der Waals surface area contributed by atoms with Gasteiger partial charge in [-0.1, -0.05) is 24.3 Å². The molecule has 0 spiro atoms. The van der Waals surface area contributed by atoms with Crippen LogP contribution in [0.4, 0.5) is 0 Å². The summed E-state index contributed by atoms with van der Waals surface area (Å²) >= 11 is 0. The van der Waals surface area contributed by atoms with E-state index in [0.717, 1.165) is 29.7 Å². The molecule has 0 atom stereocenters. The molecule has 0 N–H and O–H groups in total. The average molecular weight is 319 g/mol. The van der Waals surface area contributed by atoms with Crippen LogP contribution in [0.3, 0.4) is 0 Å². The molecule has 2 aromatic carbocycles. The van der Waals surface area contributed by atoms with E-state index < -0.39 is 0 Å². The molecule has 24 heavy (non-hydrogen) atoms. The van der Waals surface area contributed by atoms with Crippen LogP contribution in [0.5, 0.6) is 0 Å². The quantitative estimate of drug-likeness (QED) is 0.728. The van der Waals surface area contributed by atoms with Crippen molar-refractivity contribution in [3.8, 4) is 0 Å². The third-order valence-electron chi connectivity index (χ3n) is 5.25. The Kier molecular flexibility index (Phi) is 3.41. The fourth-order valence-electron chi connectivity index (χ4n) is 3.63. The number of benzene rings is 2. The van der Waals surface area contributed by atoms with Crippen molar-refractivity contribution in [2.75, 3.05) is 7.05 Å². The number of amides is 1. The Bertz CT molecular complexity index is 916. The lowest BCUT2D eigenvalue weighted by Crippen LogP contribution is -2.37. The van der Waals surface area contributed by atoms with Gasteiger partial charge in [-0.05, 0) is 49.1 Å². The Morgan fingerprint density at radius 3 is 2.50 bits per heavy atom. The number of imidazole rings is 1. The van der Waals surface area contributed by atoms with Crippen molar-refractivity contribution in [1.29, 1.82) is 0 Å². The van der Waals surface area contributed by atoms with Gasteiger partial charge in [-0.2, -0.15) is 0 Å². The zero-order valence-corrected chi connectivity index (χ0v) is 14.3. The molecule has 3 aromatic rings. The van der Waals surface area contributed by atoms with Crippen molar-refractivity contribution < 1.29 is 4.79 Å². The van der Waals surface area contributed by atoms with E-state index in [4.69, 9.17) is 0 Å². The van der Waals surface area contributed by atoms with Crippen LogP contribution in [0.25, 0.3) is 11.0 Å². The molecule has 0 unspecified atom stereocenters. The Hall–Kier alpha value is -2.62. The molecule has 1 aliphatic rings. The summed E-state index contributed by atoms with van der Waals surface area (Å²) in [6.07, 6.45) is 1.87. The van der Waals surface area contributed by atoms with Crippen molar-refractivity contribution in [1.82, 2.24) is 14.5 Å². The normalized spacial score (nSPS) is 14.1. The van der Waals surface area contributed by atoms with Gasteiger partial charge in [-0.3, -0.25) is 4.79 Å². The molecule has 0 bridgehead atoms. The number of aromatic nitrogens is 2. The molecular weight excluding hydrogens is 298 g/mol. The van der Waals surface area contributed by atoms with Gasteiger partial charge in [0.05, 0.1) is 11.0 Å². The first-order chi connectivity index (χ1) is 11.5. The Labute approximate surface area is 141 Å². The van der Waals surface area contributed by atoms with Crippen LogP contribution < -0.4 is 0 Å². The monoisotopic (exact) mass is 319 g/mol. The summed E-state index contributed by atoms with van der Waals surface area (Å²) in [6, 6.07) is 14.5. The number of hydrogen-bond donors (Lipinski definition) is 0. The highest BCUT2D eigenvalue weighted by Crippen LogP contribution is 2.26. The van der Waals surface area contributed by atoms with E-state index in [-0.39, 0.29) is 11.9 Å². The van der Waals surface area contributed by atoms with Gasteiger partial charge in [0.2, 0.25) is 0 Å². The zero-order chi connectivity index (χ0) is 16.8. The number of aryl methyl sites for hydroxylation is 2. The molecule has 122 valence electrons. The van der Waals surface area contributed by atoms with Crippen LogP contribution in [-0.2, 0) is 19.9 Å². The summed E-state index contributed by atoms with van der Waals surface area (Å²) in [5.74, 6) is 1.02. The van der Waals surface area contributed by atoms with Gasteiger partial charge >= 0.3 is 0 Å². The summed E-state index contributed by atoms with van der Waals surface area (Å²) in [7, 11) is 3.90. The zero-order valence-electron chi connectivity index (χ0n) is 14.3. The topological polar surface area (TPSA) is 38.1 Å². The molecule has 0 saturated heterocycles. The molecule has 1 amide bonds. The summed E-state index contributed by atoms with van der Waals surface area (Å²) in [5.41, 5.74) is 5.36. The van der Waals surface area contributed by atoms with Crippen molar-refractivity contribution in [2.24, 2.45) is 7.05 Å². The highest BCUT2D eigenvalue weighted by Gasteiger charge is 2.28. The standard InChI is InChI=1S/C20H21N3O/c1-13-21-18-12-16(8-9-19(18)22(13)2)20(24)23(3)17-10-14-6-4-5-7-15(14)11-17/h4-9,12,17H,10-11H2,1-3H3. The predicted octanol–water partition coefficient (Wildman–Crippen LogP) is 3.12. The minimum atomic E-state index is 0.0676. The number of fused-ring (bicyclic) bond motifs is 2. The maximum Gasteiger partial charge on any atom is 0.253 e. The van der Waals surface area contributed by atoms with Gasteiger partial charge in [0.25, 0.3) is 5.91 Å². The minimum absolute atomic E-state index is 0.0676. The highest BCUT2D eigenvalue weighted by atomic mass is 16.2. The number of carbonyl (C=O) groups is 1. The largest absolute Gasteiger partial charge is 0.338 e. The number of nitrogens with zero attached hydrogens (tertiary/aromatic N) is 3. The van der Waals surface area contributed by atoms with Crippen molar-refractivity contribution in [3.05, 3.63) is 65.0 Å². The smallest absolute Gasteiger partial charge is 0.253 e. The van der Waals surface area contributed by atoms with E-state index in [9.17, 15) is 4.79 Å². The van der Waals surface area contributed by atoms with Crippen LogP contribution in [0.1, 0.15) is 27.3 Å². The number of likely N-dealkylation sites (N-methyl/N-ethyl adjacent to an activating group) is 1. The van der Waals surface area contributed by atoms with Gasteiger partial charge in [-0.15, -0.1) is 0 Å². The highest BCUT2D eigenvalue weighted by molar-refractivity contribution is 5.97. The second kappa shape index (κ2) is 5.48. The summed E-state index contributed by atoms with van der Waals surface area (Å²) < 4.78 is 2.04. The summed E-state index contributed by atoms with van der Waals surface area (Å²) in [4.78, 5) is 19.3. The van der Waals surface area contributed by atoms with Crippen molar-refractivity contribution in [3.63, 3.8) is 0 Å². The van der Waals surface area contributed by atoms with E-state index >= 15 is 0 Å². The Morgan fingerprint density at radius 1 is 1.17 bits per heavy atom. The van der Waals surface area contributed by atoms with E-state index in [0.29, 0.717) is 5.56 Å². The van der Waals surface area contributed by atoms with Crippen LogP contribution >= 0.6 is 0 Å². The molecule has 4 heteroatoms. The van der Waals surface area contributed by atoms with Gasteiger partial charge in [-0.25, -0.2) is 4.98 Å². The third kappa shape index (κ3) is 2.30. The second-order valence-electron chi connectivity index (χ2n) is 6.67. The molecule has 0 radical (unpaired) electrons. The van der Waals surface area contributed by atoms with Crippen molar-refractivity contribution >= 4 is 16.9 Å². The lowest BCUT2D eigenvalue weighted by molar-refractivity contribution is 0.0738. The maximum absolute atomic E-state index is 12.9. The van der Waals surface area contributed by atoms with Gasteiger partial charge in [0, 0.05) is 25.7 Å². The van der Waals surface area contributed by atoms with Crippen LogP contribution in [-0.4, -0.2) is 33.4 Å². The summed E-state index contributed by atoms with van der Waals surface area (Å²) in [6.45, 7) is 1.98. The van der Waals surface area contributed by atoms with Crippen molar-refractivity contribution in [2.45, 2.75) is 25.8 Å². The Morgan fingerprint density at radius 2 is 1.83 bits per heavy atom. The molecule has 1 heterocycles. The van der Waals surface area contributed by atoms with E-state index in [1.165, 1.54) is 11.1 Å². The minimum Gasteiger partial charge on any atom is -0.338 e. The van der Waals surface area contributed by atoms with E-state index in [1.54, 1.807) is 0 Å². The number of carbonyl (C=O) groups excluding carboxylic acids is 1. The molecule has 4 rings (SSSR count). The predicted molar refractivity (Wildman–Crippen MR) is 95.2 cm³/mol. The molecule has 1 aliphatic carbocycles. The lowest BCUT2D eigenvalue weighted by atomic mass is 10.1. The first-order valence-corrected chi connectivity index (χ1v) is 8.31. The SMILES string of the molecule is Cc1nc2cc(C(=O)N(C)C3Cc4ccccc4C3)ccc2n1C. The molecule has 1 aromatic heterocycles. The molecule has 0 aliphatic heterocycles. The molecule has 0 saturated carbocycles.